The Balaban J connectivity index is 0.00000684. The summed E-state index contributed by atoms with van der Waals surface area (Å²) in [7, 11) is -3.39. The first kappa shape index (κ1) is 34.5. The van der Waals surface area contributed by atoms with Crippen LogP contribution in [-0.4, -0.2) is 50.2 Å². The van der Waals surface area contributed by atoms with E-state index in [4.69, 9.17) is 9.97 Å². The van der Waals surface area contributed by atoms with Gasteiger partial charge in [-0.1, -0.05) is 53.9 Å². The summed E-state index contributed by atoms with van der Waals surface area (Å²) in [6.45, 7) is 11.0. The topological polar surface area (TPSA) is 63.2 Å². The third kappa shape index (κ3) is 9.89. The number of hydrogen-bond acceptors (Lipinski definition) is 4. The van der Waals surface area contributed by atoms with E-state index in [1.54, 1.807) is 12.1 Å². The fourth-order valence-electron chi connectivity index (χ4n) is 4.65. The molecule has 0 saturated heterocycles. The van der Waals surface area contributed by atoms with E-state index < -0.39 is 17.3 Å². The number of nitrogens with zero attached hydrogens (tertiary/aromatic N) is 3. The fourth-order valence-corrected chi connectivity index (χ4v) is 10.1. The molecule has 0 saturated carbocycles. The van der Waals surface area contributed by atoms with Crippen LogP contribution >= 0.6 is 7.26 Å². The number of hydrogen-bond donors (Lipinski definition) is 0. The van der Waals surface area contributed by atoms with Crippen molar-refractivity contribution in [2.24, 2.45) is 0 Å². The van der Waals surface area contributed by atoms with Gasteiger partial charge < -0.3 is 0 Å². The van der Waals surface area contributed by atoms with Crippen molar-refractivity contribution < 1.29 is 45.5 Å². The van der Waals surface area contributed by atoms with Gasteiger partial charge in [0.1, 0.15) is 5.82 Å². The molecule has 0 atom stereocenters. The second kappa shape index (κ2) is 15.9. The van der Waals surface area contributed by atoms with Crippen molar-refractivity contribution in [1.82, 2.24) is 9.97 Å². The number of benzene rings is 1. The third-order valence-electron chi connectivity index (χ3n) is 6.92. The van der Waals surface area contributed by atoms with Crippen LogP contribution in [0, 0.1) is 5.82 Å². The predicted molar refractivity (Wildman–Crippen MR) is 155 cm³/mol. The number of unbranched alkanes of at least 4 members (excludes halogenated alkanes) is 3. The van der Waals surface area contributed by atoms with Gasteiger partial charge in [0.25, 0.3) is 0 Å². The van der Waals surface area contributed by atoms with Crippen LogP contribution in [0.2, 0.25) is 0 Å². The van der Waals surface area contributed by atoms with Crippen LogP contribution in [-0.2, 0) is 48.9 Å². The van der Waals surface area contributed by atoms with Crippen LogP contribution in [0.3, 0.4) is 0 Å². The minimum atomic E-state index is -3.53. The molecule has 0 spiro atoms. The minimum absolute atomic E-state index is 0. The van der Waals surface area contributed by atoms with E-state index in [2.05, 4.69) is 34.6 Å². The van der Waals surface area contributed by atoms with Crippen LogP contribution in [0.4, 0.5) is 10.3 Å². The average molecular weight is 628 g/mol. The molecule has 0 aliphatic carbocycles. The number of anilines is 1. The summed E-state index contributed by atoms with van der Waals surface area (Å²) in [4.78, 5) is 9.68. The van der Waals surface area contributed by atoms with E-state index in [1.165, 1.54) is 76.2 Å². The van der Waals surface area contributed by atoms with Crippen LogP contribution in [0.15, 0.2) is 24.3 Å². The zero-order valence-corrected chi connectivity index (χ0v) is 28.5. The maximum Gasteiger partial charge on any atom is 0.239 e. The molecule has 0 N–H and O–H groups in total. The summed E-state index contributed by atoms with van der Waals surface area (Å²) < 4.78 is 39.7. The molecule has 2 aromatic rings. The molecule has 5 nitrogen and oxygen atoms in total. The molecular formula is C28H46FN3O2PSY+. The third-order valence-corrected chi connectivity index (χ3v) is 12.9. The Morgan fingerprint density at radius 3 is 1.81 bits per heavy atom. The van der Waals surface area contributed by atoms with E-state index >= 15 is 0 Å². The van der Waals surface area contributed by atoms with Gasteiger partial charge in [-0.15, -0.1) is 0 Å². The largest absolute Gasteiger partial charge is 0.241 e. The van der Waals surface area contributed by atoms with Gasteiger partial charge in [0, 0.05) is 58.1 Å². The number of halogens is 1. The summed E-state index contributed by atoms with van der Waals surface area (Å²) in [5.74, 6) is -0.0363. The van der Waals surface area contributed by atoms with Crippen molar-refractivity contribution in [3.8, 4) is 11.3 Å². The van der Waals surface area contributed by atoms with Gasteiger partial charge in [-0.25, -0.2) is 27.1 Å². The number of sulfonamides is 1. The number of aromatic nitrogens is 2. The number of rotatable bonds is 15. The van der Waals surface area contributed by atoms with Crippen LogP contribution in [0.1, 0.15) is 90.3 Å². The van der Waals surface area contributed by atoms with E-state index in [0.717, 1.165) is 39.2 Å². The van der Waals surface area contributed by atoms with Gasteiger partial charge in [-0.3, -0.25) is 0 Å². The van der Waals surface area contributed by atoms with Gasteiger partial charge in [0.15, 0.2) is 0 Å². The summed E-state index contributed by atoms with van der Waals surface area (Å²) in [6.07, 6.45) is 13.1. The zero-order chi connectivity index (χ0) is 26.9. The van der Waals surface area contributed by atoms with Gasteiger partial charge in [0.2, 0.25) is 16.0 Å². The smallest absolute Gasteiger partial charge is 0.239 e. The van der Waals surface area contributed by atoms with Gasteiger partial charge in [0.05, 0.1) is 42.3 Å². The summed E-state index contributed by atoms with van der Waals surface area (Å²) >= 11 is 0. The first-order valence-corrected chi connectivity index (χ1v) is 17.8. The molecule has 1 aromatic carbocycles. The molecule has 37 heavy (non-hydrogen) atoms. The molecule has 0 fully saturated rings. The predicted octanol–water partition coefficient (Wildman–Crippen LogP) is 7.72. The Bertz CT molecular complexity index is 1060. The molecule has 0 bridgehead atoms. The van der Waals surface area contributed by atoms with Crippen molar-refractivity contribution in [1.29, 1.82) is 0 Å². The molecule has 205 valence electrons. The normalized spacial score (nSPS) is 12.0. The zero-order valence-electron chi connectivity index (χ0n) is 23.9. The van der Waals surface area contributed by atoms with Crippen molar-refractivity contribution in [3.63, 3.8) is 0 Å². The Kier molecular flexibility index (Phi) is 14.9. The molecule has 0 unspecified atom stereocenters. The van der Waals surface area contributed by atoms with Crippen molar-refractivity contribution in [3.05, 3.63) is 41.3 Å². The molecule has 0 aliphatic rings. The Morgan fingerprint density at radius 2 is 1.41 bits per heavy atom. The Hall–Kier alpha value is -0.486. The minimum Gasteiger partial charge on any atom is -0.241 e. The second-order valence-corrected chi connectivity index (χ2v) is 16.7. The van der Waals surface area contributed by atoms with Crippen molar-refractivity contribution in [2.45, 2.75) is 85.2 Å². The molecule has 0 amide bonds. The van der Waals surface area contributed by atoms with Crippen LogP contribution < -0.4 is 4.31 Å². The van der Waals surface area contributed by atoms with Crippen LogP contribution in [0.25, 0.3) is 11.3 Å². The maximum atomic E-state index is 13.8. The Labute approximate surface area is 251 Å². The standard InChI is InChI=1S/C28H46FN3O2PS.Y/c1-8-11-18-35(19-12-9-2,20-13-10-3)21-25-26(22(4)5)30-28(32(6)36(7,33)34)31-27(25)23-14-16-24(29)17-15-23;/h14-17,22H,8-13,18-21H2,1-7H3;/q+1;. The van der Waals surface area contributed by atoms with Crippen LogP contribution in [0.5, 0.6) is 0 Å². The first-order chi connectivity index (χ1) is 17.0. The Morgan fingerprint density at radius 1 is 0.919 bits per heavy atom. The molecule has 2 rings (SSSR count). The molecule has 9 heteroatoms. The first-order valence-electron chi connectivity index (χ1n) is 13.4. The van der Waals surface area contributed by atoms with Crippen molar-refractivity contribution in [2.75, 3.05) is 36.1 Å². The summed E-state index contributed by atoms with van der Waals surface area (Å²) in [5.41, 5.74) is 3.58. The van der Waals surface area contributed by atoms with Crippen molar-refractivity contribution >= 4 is 23.2 Å². The van der Waals surface area contributed by atoms with E-state index in [9.17, 15) is 12.8 Å². The molecule has 0 aliphatic heterocycles. The van der Waals surface area contributed by atoms with Gasteiger partial charge >= 0.3 is 0 Å². The maximum absolute atomic E-state index is 13.8. The molecular weight excluding hydrogens is 581 g/mol. The molecule has 1 aromatic heterocycles. The van der Waals surface area contributed by atoms with Gasteiger partial charge in [-0.05, 0) is 49.4 Å². The molecule has 1 heterocycles. The molecule has 1 radical (unpaired) electrons. The quantitative estimate of drug-likeness (QED) is 0.190. The SMILES string of the molecule is CCCC[P+](CCCC)(CCCC)Cc1c(-c2ccc(F)cc2)nc(N(C)S(C)(=O)=O)nc1C(C)C.[Y]. The summed E-state index contributed by atoms with van der Waals surface area (Å²) in [6, 6.07) is 6.40. The van der Waals surface area contributed by atoms with E-state index in [-0.39, 0.29) is 50.4 Å². The summed E-state index contributed by atoms with van der Waals surface area (Å²) in [5, 5.41) is 0. The van der Waals surface area contributed by atoms with Gasteiger partial charge in [-0.2, -0.15) is 0 Å². The fraction of sp³-hybridized carbons (Fsp3) is 0.643. The second-order valence-electron chi connectivity index (χ2n) is 10.4. The monoisotopic (exact) mass is 627 g/mol. The van der Waals surface area contributed by atoms with E-state index in [0.29, 0.717) is 0 Å². The van der Waals surface area contributed by atoms with E-state index in [1.807, 2.05) is 0 Å². The average Bonchev–Trinajstić information content (AvgIpc) is 2.84.